The molecule has 0 bridgehead atoms. The van der Waals surface area contributed by atoms with Crippen LogP contribution in [0.2, 0.25) is 0 Å². The second kappa shape index (κ2) is 4.65. The van der Waals surface area contributed by atoms with E-state index in [0.717, 1.165) is 12.1 Å². The molecule has 0 fully saturated rings. The van der Waals surface area contributed by atoms with Crippen LogP contribution >= 0.6 is 0 Å². The van der Waals surface area contributed by atoms with Gasteiger partial charge in [0.05, 0.1) is 11.4 Å². The van der Waals surface area contributed by atoms with Gasteiger partial charge in [-0.15, -0.1) is 0 Å². The molecule has 0 heterocycles. The molecule has 0 radical (unpaired) electrons. The molecule has 0 aliphatic rings. The average Bonchev–Trinajstić information content (AvgIpc) is 2.15. The highest BCUT2D eigenvalue weighted by atomic mass is 16.2. The van der Waals surface area contributed by atoms with Gasteiger partial charge in [0.25, 0.3) is 0 Å². The van der Waals surface area contributed by atoms with E-state index in [2.05, 4.69) is 0 Å². The number of nitrogens with two attached hydrogens (primary N) is 1. The summed E-state index contributed by atoms with van der Waals surface area (Å²) in [5.41, 5.74) is 7.25. The fraction of sp³-hybridized carbons (Fsp3) is 0.364. The van der Waals surface area contributed by atoms with Crippen LogP contribution < -0.4 is 10.6 Å². The van der Waals surface area contributed by atoms with E-state index in [1.165, 1.54) is 0 Å². The molecule has 1 aromatic carbocycles. The number of benzene rings is 1. The minimum absolute atomic E-state index is 0.0322. The van der Waals surface area contributed by atoms with Crippen LogP contribution in [0.1, 0.15) is 20.3 Å². The summed E-state index contributed by atoms with van der Waals surface area (Å²) in [6.45, 7) is 4.31. The highest BCUT2D eigenvalue weighted by molar-refractivity contribution is 5.94. The summed E-state index contributed by atoms with van der Waals surface area (Å²) in [5, 5.41) is 0. The molecule has 0 aromatic heterocycles. The van der Waals surface area contributed by atoms with Gasteiger partial charge in [-0.2, -0.15) is 0 Å². The smallest absolute Gasteiger partial charge is 0.223 e. The average molecular weight is 192 g/mol. The van der Waals surface area contributed by atoms with Crippen molar-refractivity contribution in [2.24, 2.45) is 0 Å². The van der Waals surface area contributed by atoms with Gasteiger partial charge in [0.2, 0.25) is 5.91 Å². The minimum atomic E-state index is 0.0322. The lowest BCUT2D eigenvalue weighted by Gasteiger charge is -2.21. The van der Waals surface area contributed by atoms with Crippen molar-refractivity contribution in [3.8, 4) is 0 Å². The molecule has 0 aliphatic heterocycles. The molecular weight excluding hydrogens is 176 g/mol. The Balaban J connectivity index is 2.99. The van der Waals surface area contributed by atoms with Gasteiger partial charge in [0, 0.05) is 13.5 Å². The Morgan fingerprint density at radius 2 is 2.07 bits per heavy atom. The highest BCUT2D eigenvalue weighted by Crippen LogP contribution is 2.22. The van der Waals surface area contributed by atoms with Crippen LogP contribution in [0.25, 0.3) is 0 Å². The third kappa shape index (κ3) is 2.25. The minimum Gasteiger partial charge on any atom is -0.397 e. The Morgan fingerprint density at radius 1 is 1.43 bits per heavy atom. The van der Waals surface area contributed by atoms with E-state index >= 15 is 0 Å². The number of para-hydroxylation sites is 2. The van der Waals surface area contributed by atoms with E-state index < -0.39 is 0 Å². The van der Waals surface area contributed by atoms with Crippen molar-refractivity contribution < 1.29 is 4.79 Å². The van der Waals surface area contributed by atoms with Crippen molar-refractivity contribution in [3.05, 3.63) is 24.3 Å². The van der Waals surface area contributed by atoms with Gasteiger partial charge in [-0.05, 0) is 18.6 Å². The normalized spacial score (nSPS) is 9.86. The SMILES string of the molecule is CCCN(C(C)=O)c1ccccc1N. The number of anilines is 2. The van der Waals surface area contributed by atoms with E-state index in [1.807, 2.05) is 25.1 Å². The summed E-state index contributed by atoms with van der Waals surface area (Å²) in [4.78, 5) is 13.1. The Morgan fingerprint density at radius 3 is 2.57 bits per heavy atom. The molecule has 0 saturated carbocycles. The number of amides is 1. The van der Waals surface area contributed by atoms with Crippen molar-refractivity contribution in [2.45, 2.75) is 20.3 Å². The molecule has 2 N–H and O–H groups in total. The molecule has 0 saturated heterocycles. The van der Waals surface area contributed by atoms with E-state index in [4.69, 9.17) is 5.73 Å². The van der Waals surface area contributed by atoms with Crippen LogP contribution in [0.5, 0.6) is 0 Å². The zero-order valence-corrected chi connectivity index (χ0v) is 8.66. The Labute approximate surface area is 84.5 Å². The second-order valence-electron chi connectivity index (χ2n) is 3.23. The molecule has 0 spiro atoms. The van der Waals surface area contributed by atoms with Crippen LogP contribution in [0.4, 0.5) is 11.4 Å². The van der Waals surface area contributed by atoms with Crippen molar-refractivity contribution in [2.75, 3.05) is 17.2 Å². The summed E-state index contributed by atoms with van der Waals surface area (Å²) in [6.07, 6.45) is 0.925. The first kappa shape index (κ1) is 10.6. The molecule has 1 rings (SSSR count). The molecule has 3 nitrogen and oxygen atoms in total. The molecule has 0 unspecified atom stereocenters. The first-order valence-electron chi connectivity index (χ1n) is 4.79. The van der Waals surface area contributed by atoms with Crippen molar-refractivity contribution in [1.29, 1.82) is 0 Å². The lowest BCUT2D eigenvalue weighted by molar-refractivity contribution is -0.116. The molecule has 1 aromatic rings. The predicted molar refractivity (Wildman–Crippen MR) is 59.2 cm³/mol. The number of hydrogen-bond acceptors (Lipinski definition) is 2. The van der Waals surface area contributed by atoms with Crippen molar-refractivity contribution in [3.63, 3.8) is 0 Å². The summed E-state index contributed by atoms with van der Waals surface area (Å²) in [5.74, 6) is 0.0322. The predicted octanol–water partition coefficient (Wildman–Crippen LogP) is 2.03. The Bertz CT molecular complexity index is 323. The summed E-state index contributed by atoms with van der Waals surface area (Å²) in [6, 6.07) is 7.42. The van der Waals surface area contributed by atoms with Crippen LogP contribution in [0, 0.1) is 0 Å². The van der Waals surface area contributed by atoms with Gasteiger partial charge in [0.1, 0.15) is 0 Å². The number of carbonyl (C=O) groups excluding carboxylic acids is 1. The maximum Gasteiger partial charge on any atom is 0.223 e. The monoisotopic (exact) mass is 192 g/mol. The molecule has 0 atom stereocenters. The van der Waals surface area contributed by atoms with Gasteiger partial charge in [-0.25, -0.2) is 0 Å². The third-order valence-corrected chi connectivity index (χ3v) is 2.05. The van der Waals surface area contributed by atoms with Gasteiger partial charge >= 0.3 is 0 Å². The fourth-order valence-corrected chi connectivity index (χ4v) is 1.40. The zero-order chi connectivity index (χ0) is 10.6. The van der Waals surface area contributed by atoms with E-state index in [1.54, 1.807) is 17.9 Å². The standard InChI is InChI=1S/C11H16N2O/c1-3-8-13(9(2)14)11-7-5-4-6-10(11)12/h4-7H,3,8,12H2,1-2H3. The van der Waals surface area contributed by atoms with Crippen molar-refractivity contribution >= 4 is 17.3 Å². The number of nitrogens with zero attached hydrogens (tertiary/aromatic N) is 1. The second-order valence-corrected chi connectivity index (χ2v) is 3.23. The number of hydrogen-bond donors (Lipinski definition) is 1. The number of rotatable bonds is 3. The Kier molecular flexibility index (Phi) is 3.51. The number of nitrogen functional groups attached to an aromatic ring is 1. The van der Waals surface area contributed by atoms with Crippen LogP contribution in [0.3, 0.4) is 0 Å². The maximum absolute atomic E-state index is 11.4. The molecule has 3 heteroatoms. The zero-order valence-electron chi connectivity index (χ0n) is 8.66. The van der Waals surface area contributed by atoms with Crippen molar-refractivity contribution in [1.82, 2.24) is 0 Å². The largest absolute Gasteiger partial charge is 0.397 e. The molecular formula is C11H16N2O. The Hall–Kier alpha value is -1.51. The van der Waals surface area contributed by atoms with E-state index in [9.17, 15) is 4.79 Å². The lowest BCUT2D eigenvalue weighted by Crippen LogP contribution is -2.29. The van der Waals surface area contributed by atoms with Crippen LogP contribution in [-0.2, 0) is 4.79 Å². The third-order valence-electron chi connectivity index (χ3n) is 2.05. The summed E-state index contributed by atoms with van der Waals surface area (Å²) >= 11 is 0. The van der Waals surface area contributed by atoms with Crippen LogP contribution in [0.15, 0.2) is 24.3 Å². The van der Waals surface area contributed by atoms with E-state index in [0.29, 0.717) is 12.2 Å². The van der Waals surface area contributed by atoms with Gasteiger partial charge < -0.3 is 10.6 Å². The van der Waals surface area contributed by atoms with Gasteiger partial charge in [-0.1, -0.05) is 19.1 Å². The fourth-order valence-electron chi connectivity index (χ4n) is 1.40. The first-order chi connectivity index (χ1) is 6.66. The maximum atomic E-state index is 11.4. The summed E-state index contributed by atoms with van der Waals surface area (Å²) < 4.78 is 0. The first-order valence-corrected chi connectivity index (χ1v) is 4.79. The molecule has 0 aliphatic carbocycles. The number of carbonyl (C=O) groups is 1. The highest BCUT2D eigenvalue weighted by Gasteiger charge is 2.11. The molecule has 14 heavy (non-hydrogen) atoms. The van der Waals surface area contributed by atoms with Gasteiger partial charge in [0.15, 0.2) is 0 Å². The van der Waals surface area contributed by atoms with Crippen LogP contribution in [-0.4, -0.2) is 12.5 Å². The molecule has 1 amide bonds. The van der Waals surface area contributed by atoms with E-state index in [-0.39, 0.29) is 5.91 Å². The quantitative estimate of drug-likeness (QED) is 0.745. The molecule has 76 valence electrons. The lowest BCUT2D eigenvalue weighted by atomic mass is 10.2. The summed E-state index contributed by atoms with van der Waals surface area (Å²) in [7, 11) is 0. The topological polar surface area (TPSA) is 46.3 Å². The van der Waals surface area contributed by atoms with Gasteiger partial charge in [-0.3, -0.25) is 4.79 Å².